The van der Waals surface area contributed by atoms with E-state index >= 15 is 0 Å². The molecular weight excluding hydrogens is 269 g/mol. The third-order valence-electron chi connectivity index (χ3n) is 3.25. The maximum Gasteiger partial charge on any atom is 0.260 e. The van der Waals surface area contributed by atoms with Crippen molar-refractivity contribution in [2.24, 2.45) is 5.92 Å². The van der Waals surface area contributed by atoms with Crippen LogP contribution in [0.1, 0.15) is 19.8 Å². The molecule has 19 heavy (non-hydrogen) atoms. The summed E-state index contributed by atoms with van der Waals surface area (Å²) in [6, 6.07) is 3.86. The highest BCUT2D eigenvalue weighted by Crippen LogP contribution is 2.25. The first-order valence-corrected chi connectivity index (χ1v) is 6.79. The predicted molar refractivity (Wildman–Crippen MR) is 71.9 cm³/mol. The van der Waals surface area contributed by atoms with Crippen molar-refractivity contribution in [2.45, 2.75) is 19.8 Å². The Morgan fingerprint density at radius 1 is 1.58 bits per heavy atom. The van der Waals surface area contributed by atoms with Crippen LogP contribution in [-0.2, 0) is 4.79 Å². The second-order valence-corrected chi connectivity index (χ2v) is 5.36. The van der Waals surface area contributed by atoms with E-state index in [2.05, 4.69) is 6.92 Å². The molecule has 1 aliphatic heterocycles. The van der Waals surface area contributed by atoms with E-state index in [0.717, 1.165) is 25.9 Å². The fourth-order valence-electron chi connectivity index (χ4n) is 2.24. The summed E-state index contributed by atoms with van der Waals surface area (Å²) in [5.74, 6) is 0.397. The molecule has 0 bridgehead atoms. The molecule has 0 aromatic heterocycles. The van der Waals surface area contributed by atoms with E-state index in [1.54, 1.807) is 0 Å². The number of likely N-dealkylation sites (tertiary alicyclic amines) is 1. The third-order valence-corrected chi connectivity index (χ3v) is 3.55. The standard InChI is InChI=1S/C14H17ClFNO2/c1-10-3-2-6-17(8-10)14(18)9-19-13-5-4-11(16)7-12(13)15/h4-5,7,10H,2-3,6,8-9H2,1H3. The topological polar surface area (TPSA) is 29.5 Å². The number of ether oxygens (including phenoxy) is 1. The van der Waals surface area contributed by atoms with Crippen molar-refractivity contribution in [1.29, 1.82) is 0 Å². The molecule has 1 aromatic carbocycles. The largest absolute Gasteiger partial charge is 0.482 e. The van der Waals surface area contributed by atoms with Gasteiger partial charge in [-0.3, -0.25) is 4.79 Å². The Labute approximate surface area is 117 Å². The van der Waals surface area contributed by atoms with Crippen molar-refractivity contribution in [2.75, 3.05) is 19.7 Å². The molecular formula is C14H17ClFNO2. The van der Waals surface area contributed by atoms with Crippen molar-refractivity contribution in [3.63, 3.8) is 0 Å². The smallest absolute Gasteiger partial charge is 0.260 e. The van der Waals surface area contributed by atoms with Gasteiger partial charge in [0.2, 0.25) is 0 Å². The number of hydrogen-bond acceptors (Lipinski definition) is 2. The molecule has 3 nitrogen and oxygen atoms in total. The van der Waals surface area contributed by atoms with Crippen LogP contribution < -0.4 is 4.74 Å². The molecule has 1 unspecified atom stereocenters. The maximum atomic E-state index is 12.9. The van der Waals surface area contributed by atoms with E-state index in [9.17, 15) is 9.18 Å². The van der Waals surface area contributed by atoms with Gasteiger partial charge in [0.05, 0.1) is 5.02 Å². The fourth-order valence-corrected chi connectivity index (χ4v) is 2.46. The Morgan fingerprint density at radius 2 is 2.37 bits per heavy atom. The Kier molecular flexibility index (Phi) is 4.64. The summed E-state index contributed by atoms with van der Waals surface area (Å²) in [4.78, 5) is 13.8. The van der Waals surface area contributed by atoms with Crippen LogP contribution in [0.15, 0.2) is 18.2 Å². The minimum absolute atomic E-state index is 0.0491. The molecule has 0 aliphatic carbocycles. The molecule has 0 N–H and O–H groups in total. The first-order valence-electron chi connectivity index (χ1n) is 6.42. The SMILES string of the molecule is CC1CCCN(C(=O)COc2ccc(F)cc2Cl)C1. The molecule has 0 radical (unpaired) electrons. The van der Waals surface area contributed by atoms with E-state index in [4.69, 9.17) is 16.3 Å². The number of halogens is 2. The highest BCUT2D eigenvalue weighted by molar-refractivity contribution is 6.32. The van der Waals surface area contributed by atoms with Gasteiger partial charge in [-0.25, -0.2) is 4.39 Å². The van der Waals surface area contributed by atoms with Gasteiger partial charge in [0.15, 0.2) is 6.61 Å². The molecule has 1 amide bonds. The minimum atomic E-state index is -0.423. The summed E-state index contributed by atoms with van der Waals surface area (Å²) in [6.07, 6.45) is 2.19. The van der Waals surface area contributed by atoms with Crippen molar-refractivity contribution >= 4 is 17.5 Å². The lowest BCUT2D eigenvalue weighted by atomic mass is 10.0. The summed E-state index contributed by atoms with van der Waals surface area (Å²) in [5.41, 5.74) is 0. The van der Waals surface area contributed by atoms with Gasteiger partial charge >= 0.3 is 0 Å². The second-order valence-electron chi connectivity index (χ2n) is 4.95. The molecule has 104 valence electrons. The molecule has 5 heteroatoms. The van der Waals surface area contributed by atoms with Gasteiger partial charge < -0.3 is 9.64 Å². The van der Waals surface area contributed by atoms with Crippen LogP contribution in [0.25, 0.3) is 0 Å². The first-order chi connectivity index (χ1) is 9.06. The van der Waals surface area contributed by atoms with Gasteiger partial charge in [-0.05, 0) is 37.0 Å². The molecule has 2 rings (SSSR count). The lowest BCUT2D eigenvalue weighted by molar-refractivity contribution is -0.135. The molecule has 1 heterocycles. The zero-order valence-electron chi connectivity index (χ0n) is 10.9. The van der Waals surface area contributed by atoms with Crippen LogP contribution >= 0.6 is 11.6 Å². The Bertz CT molecular complexity index is 467. The summed E-state index contributed by atoms with van der Waals surface area (Å²) < 4.78 is 18.2. The lowest BCUT2D eigenvalue weighted by Gasteiger charge is -2.30. The Balaban J connectivity index is 1.89. The van der Waals surface area contributed by atoms with Gasteiger partial charge in [-0.2, -0.15) is 0 Å². The summed E-state index contributed by atoms with van der Waals surface area (Å²) in [5, 5.41) is 0.180. The summed E-state index contributed by atoms with van der Waals surface area (Å²) in [6.45, 7) is 3.64. The number of amides is 1. The molecule has 1 atom stereocenters. The van der Waals surface area contributed by atoms with Crippen LogP contribution in [0.2, 0.25) is 5.02 Å². The van der Waals surface area contributed by atoms with Gasteiger partial charge in [0.25, 0.3) is 5.91 Å². The number of rotatable bonds is 3. The monoisotopic (exact) mass is 285 g/mol. The maximum absolute atomic E-state index is 12.9. The second kappa shape index (κ2) is 6.24. The van der Waals surface area contributed by atoms with E-state index in [1.807, 2.05) is 4.90 Å². The summed E-state index contributed by atoms with van der Waals surface area (Å²) in [7, 11) is 0. The zero-order valence-corrected chi connectivity index (χ0v) is 11.6. The van der Waals surface area contributed by atoms with Crippen molar-refractivity contribution < 1.29 is 13.9 Å². The number of nitrogens with zero attached hydrogens (tertiary/aromatic N) is 1. The number of piperidine rings is 1. The van der Waals surface area contributed by atoms with E-state index < -0.39 is 5.82 Å². The molecule has 1 aliphatic rings. The van der Waals surface area contributed by atoms with Crippen molar-refractivity contribution in [1.82, 2.24) is 4.90 Å². The van der Waals surface area contributed by atoms with Gasteiger partial charge in [0.1, 0.15) is 11.6 Å². The highest BCUT2D eigenvalue weighted by atomic mass is 35.5. The van der Waals surface area contributed by atoms with E-state index in [1.165, 1.54) is 18.2 Å². The highest BCUT2D eigenvalue weighted by Gasteiger charge is 2.21. The van der Waals surface area contributed by atoms with Crippen LogP contribution in [0.5, 0.6) is 5.75 Å². The quantitative estimate of drug-likeness (QED) is 0.854. The van der Waals surface area contributed by atoms with Gasteiger partial charge in [-0.15, -0.1) is 0 Å². The average molecular weight is 286 g/mol. The normalized spacial score (nSPS) is 19.3. The van der Waals surface area contributed by atoms with Crippen molar-refractivity contribution in [3.8, 4) is 5.75 Å². The lowest BCUT2D eigenvalue weighted by Crippen LogP contribution is -2.41. The Hall–Kier alpha value is -1.29. The molecule has 0 spiro atoms. The number of benzene rings is 1. The molecule has 1 fully saturated rings. The fraction of sp³-hybridized carbons (Fsp3) is 0.500. The van der Waals surface area contributed by atoms with Gasteiger partial charge in [-0.1, -0.05) is 18.5 Å². The predicted octanol–water partition coefficient (Wildman–Crippen LogP) is 3.12. The average Bonchev–Trinajstić information content (AvgIpc) is 2.37. The van der Waals surface area contributed by atoms with Gasteiger partial charge in [0, 0.05) is 13.1 Å². The summed E-state index contributed by atoms with van der Waals surface area (Å²) >= 11 is 5.83. The van der Waals surface area contributed by atoms with Crippen LogP contribution in [0.4, 0.5) is 4.39 Å². The van der Waals surface area contributed by atoms with Crippen molar-refractivity contribution in [3.05, 3.63) is 29.0 Å². The molecule has 1 saturated heterocycles. The van der Waals surface area contributed by atoms with Crippen LogP contribution in [0.3, 0.4) is 0 Å². The molecule has 1 aromatic rings. The van der Waals surface area contributed by atoms with Crippen LogP contribution in [-0.4, -0.2) is 30.5 Å². The number of hydrogen-bond donors (Lipinski definition) is 0. The first kappa shape index (κ1) is 14.1. The minimum Gasteiger partial charge on any atom is -0.482 e. The van der Waals surface area contributed by atoms with E-state index in [0.29, 0.717) is 11.7 Å². The zero-order chi connectivity index (χ0) is 13.8. The molecule has 0 saturated carbocycles. The number of carbonyl (C=O) groups is 1. The number of carbonyl (C=O) groups excluding carboxylic acids is 1. The van der Waals surface area contributed by atoms with E-state index in [-0.39, 0.29) is 17.5 Å². The third kappa shape index (κ3) is 3.83. The Morgan fingerprint density at radius 3 is 3.05 bits per heavy atom. The van der Waals surface area contributed by atoms with Crippen LogP contribution in [0, 0.1) is 11.7 Å².